The van der Waals surface area contributed by atoms with Crippen LogP contribution >= 0.6 is 11.3 Å². The van der Waals surface area contributed by atoms with E-state index in [1.807, 2.05) is 0 Å². The van der Waals surface area contributed by atoms with E-state index in [0.717, 1.165) is 6.42 Å². The third-order valence-electron chi connectivity index (χ3n) is 2.32. The molecule has 0 unspecified atom stereocenters. The van der Waals surface area contributed by atoms with Crippen molar-refractivity contribution in [1.29, 1.82) is 0 Å². The molecule has 4 nitrogen and oxygen atoms in total. The lowest BCUT2D eigenvalue weighted by atomic mass is 10.1. The second-order valence-corrected chi connectivity index (χ2v) is 4.59. The van der Waals surface area contributed by atoms with E-state index in [4.69, 9.17) is 0 Å². The van der Waals surface area contributed by atoms with Crippen LogP contribution in [-0.2, 0) is 6.18 Å². The van der Waals surface area contributed by atoms with Gasteiger partial charge in [-0.3, -0.25) is 0 Å². The lowest BCUT2D eigenvalue weighted by Crippen LogP contribution is -2.38. The van der Waals surface area contributed by atoms with Crippen LogP contribution < -0.4 is 4.90 Å². The zero-order valence-corrected chi connectivity index (χ0v) is 9.05. The maximum atomic E-state index is 12.3. The molecule has 1 N–H and O–H groups in total. The predicted octanol–water partition coefficient (Wildman–Crippen LogP) is 1.52. The van der Waals surface area contributed by atoms with Crippen LogP contribution in [0.5, 0.6) is 0 Å². The molecule has 1 fully saturated rings. The predicted molar refractivity (Wildman–Crippen MR) is 52.4 cm³/mol. The smallest absolute Gasteiger partial charge is 0.391 e. The average Bonchev–Trinajstić information content (AvgIpc) is 2.65. The fourth-order valence-corrected chi connectivity index (χ4v) is 2.33. The number of halogens is 3. The van der Waals surface area contributed by atoms with Gasteiger partial charge in [-0.2, -0.15) is 13.2 Å². The molecule has 0 spiro atoms. The Labute approximate surface area is 93.7 Å². The molecule has 1 aliphatic rings. The number of aliphatic hydroxyl groups is 1. The summed E-state index contributed by atoms with van der Waals surface area (Å²) >= 11 is 0.516. The molecule has 1 aliphatic heterocycles. The van der Waals surface area contributed by atoms with Gasteiger partial charge in [0, 0.05) is 13.1 Å². The van der Waals surface area contributed by atoms with E-state index in [1.54, 1.807) is 4.90 Å². The first kappa shape index (κ1) is 11.6. The van der Waals surface area contributed by atoms with E-state index >= 15 is 0 Å². The highest BCUT2D eigenvalue weighted by molar-refractivity contribution is 7.15. The molecule has 2 rings (SSSR count). The van der Waals surface area contributed by atoms with Crippen molar-refractivity contribution in [3.63, 3.8) is 0 Å². The molecule has 16 heavy (non-hydrogen) atoms. The van der Waals surface area contributed by atoms with Crippen LogP contribution in [0.15, 0.2) is 0 Å². The van der Waals surface area contributed by atoms with Crippen LogP contribution in [0.2, 0.25) is 0 Å². The Balaban J connectivity index is 2.12. The molecule has 8 heteroatoms. The number of β-amino-alcohol motifs (C(OH)–C–C–N with tert-alkyl or cyclic N) is 1. The number of aromatic nitrogens is 2. The standard InChI is InChI=1S/C8H10F3N3OS/c9-8(10,11)6-12-13-7(16-6)14-3-1-2-5(15)4-14/h5,15H,1-4H2/t5-/m0/s1. The number of hydrogen-bond donors (Lipinski definition) is 1. The molecule has 0 saturated carbocycles. The molecule has 90 valence electrons. The van der Waals surface area contributed by atoms with Crippen molar-refractivity contribution in [1.82, 2.24) is 10.2 Å². The molecule has 0 aromatic carbocycles. The quantitative estimate of drug-likeness (QED) is 0.824. The Bertz CT molecular complexity index is 368. The fourth-order valence-electron chi connectivity index (χ4n) is 1.59. The first-order valence-corrected chi connectivity index (χ1v) is 5.62. The highest BCUT2D eigenvalue weighted by atomic mass is 32.1. The maximum absolute atomic E-state index is 12.3. The van der Waals surface area contributed by atoms with E-state index in [9.17, 15) is 18.3 Å². The summed E-state index contributed by atoms with van der Waals surface area (Å²) in [5.41, 5.74) is 0. The van der Waals surface area contributed by atoms with Gasteiger partial charge in [0.25, 0.3) is 0 Å². The molecule has 0 radical (unpaired) electrons. The van der Waals surface area contributed by atoms with Crippen LogP contribution in [0.1, 0.15) is 17.8 Å². The van der Waals surface area contributed by atoms with Crippen LogP contribution in [-0.4, -0.2) is 34.5 Å². The lowest BCUT2D eigenvalue weighted by Gasteiger charge is -2.29. The van der Waals surface area contributed by atoms with Gasteiger partial charge in [-0.25, -0.2) is 0 Å². The van der Waals surface area contributed by atoms with E-state index in [-0.39, 0.29) is 5.13 Å². The molecule has 2 heterocycles. The van der Waals surface area contributed by atoms with Crippen molar-refractivity contribution in [3.05, 3.63) is 5.01 Å². The van der Waals surface area contributed by atoms with Gasteiger partial charge in [0.05, 0.1) is 6.10 Å². The van der Waals surface area contributed by atoms with Crippen molar-refractivity contribution < 1.29 is 18.3 Å². The molecule has 1 atom stereocenters. The highest BCUT2D eigenvalue weighted by Crippen LogP contribution is 2.34. The summed E-state index contributed by atoms with van der Waals surface area (Å²) in [6.07, 6.45) is -3.50. The first-order valence-electron chi connectivity index (χ1n) is 4.80. The Kier molecular flexibility index (Phi) is 3.02. The minimum atomic E-state index is -4.44. The molecule has 0 aliphatic carbocycles. The van der Waals surface area contributed by atoms with Crippen molar-refractivity contribution in [2.24, 2.45) is 0 Å². The number of anilines is 1. The minimum Gasteiger partial charge on any atom is -0.391 e. The summed E-state index contributed by atoms with van der Waals surface area (Å²) in [6, 6.07) is 0. The van der Waals surface area contributed by atoms with Crippen LogP contribution in [0, 0.1) is 0 Å². The summed E-state index contributed by atoms with van der Waals surface area (Å²) in [5, 5.41) is 15.3. The molecule has 1 aromatic heterocycles. The third-order valence-corrected chi connectivity index (χ3v) is 3.35. The first-order chi connectivity index (χ1) is 7.47. The second kappa shape index (κ2) is 4.17. The third kappa shape index (κ3) is 2.43. The fraction of sp³-hybridized carbons (Fsp3) is 0.750. The topological polar surface area (TPSA) is 49.2 Å². The molecule has 1 saturated heterocycles. The number of aliphatic hydroxyl groups excluding tert-OH is 1. The Morgan fingerprint density at radius 1 is 1.38 bits per heavy atom. The highest BCUT2D eigenvalue weighted by Gasteiger charge is 2.36. The van der Waals surface area contributed by atoms with Gasteiger partial charge in [-0.15, -0.1) is 10.2 Å². The summed E-state index contributed by atoms with van der Waals surface area (Å²) < 4.78 is 36.9. The van der Waals surface area contributed by atoms with E-state index < -0.39 is 17.3 Å². The van der Waals surface area contributed by atoms with Gasteiger partial charge in [0.15, 0.2) is 0 Å². The minimum absolute atomic E-state index is 0.228. The van der Waals surface area contributed by atoms with Crippen LogP contribution in [0.3, 0.4) is 0 Å². The Hall–Kier alpha value is -0.890. The van der Waals surface area contributed by atoms with E-state index in [0.29, 0.717) is 30.8 Å². The molecular formula is C8H10F3N3OS. The summed E-state index contributed by atoms with van der Waals surface area (Å²) in [5.74, 6) is 0. The normalized spacial score (nSPS) is 22.5. The Morgan fingerprint density at radius 3 is 2.69 bits per heavy atom. The monoisotopic (exact) mass is 253 g/mol. The van der Waals surface area contributed by atoms with Crippen molar-refractivity contribution in [2.45, 2.75) is 25.1 Å². The SMILES string of the molecule is O[C@H]1CCCN(c2nnc(C(F)(F)F)s2)C1. The van der Waals surface area contributed by atoms with Crippen LogP contribution in [0.4, 0.5) is 18.3 Å². The maximum Gasteiger partial charge on any atom is 0.445 e. The number of rotatable bonds is 1. The average molecular weight is 253 g/mol. The number of piperidine rings is 1. The van der Waals surface area contributed by atoms with E-state index in [1.165, 1.54) is 0 Å². The summed E-state index contributed by atoms with van der Waals surface area (Å²) in [7, 11) is 0. The molecule has 1 aromatic rings. The van der Waals surface area contributed by atoms with Crippen molar-refractivity contribution >= 4 is 16.5 Å². The number of nitrogens with zero attached hydrogens (tertiary/aromatic N) is 3. The molecular weight excluding hydrogens is 243 g/mol. The summed E-state index contributed by atoms with van der Waals surface area (Å²) in [4.78, 5) is 1.64. The Morgan fingerprint density at radius 2 is 2.12 bits per heavy atom. The van der Waals surface area contributed by atoms with Crippen molar-refractivity contribution in [3.8, 4) is 0 Å². The van der Waals surface area contributed by atoms with Gasteiger partial charge in [0.1, 0.15) is 0 Å². The van der Waals surface area contributed by atoms with Gasteiger partial charge < -0.3 is 10.0 Å². The molecule has 0 amide bonds. The zero-order chi connectivity index (χ0) is 11.8. The van der Waals surface area contributed by atoms with Crippen molar-refractivity contribution in [2.75, 3.05) is 18.0 Å². The van der Waals surface area contributed by atoms with E-state index in [2.05, 4.69) is 10.2 Å². The van der Waals surface area contributed by atoms with Crippen LogP contribution in [0.25, 0.3) is 0 Å². The zero-order valence-electron chi connectivity index (χ0n) is 8.24. The molecule has 0 bridgehead atoms. The second-order valence-electron chi connectivity index (χ2n) is 3.63. The largest absolute Gasteiger partial charge is 0.445 e. The lowest BCUT2D eigenvalue weighted by molar-refractivity contribution is -0.138. The van der Waals surface area contributed by atoms with Gasteiger partial charge >= 0.3 is 6.18 Å². The number of alkyl halides is 3. The van der Waals surface area contributed by atoms with Gasteiger partial charge in [-0.05, 0) is 12.8 Å². The van der Waals surface area contributed by atoms with Gasteiger partial charge in [-0.1, -0.05) is 11.3 Å². The van der Waals surface area contributed by atoms with Gasteiger partial charge in [0.2, 0.25) is 10.1 Å². The summed E-state index contributed by atoms with van der Waals surface area (Å²) in [6.45, 7) is 0.941. The number of hydrogen-bond acceptors (Lipinski definition) is 5.